The molecule has 1 amide bonds. The summed E-state index contributed by atoms with van der Waals surface area (Å²) in [5.41, 5.74) is 7.08. The second-order valence-electron chi connectivity index (χ2n) is 5.65. The van der Waals surface area contributed by atoms with Crippen LogP contribution in [0.3, 0.4) is 0 Å². The second kappa shape index (κ2) is 9.50. The van der Waals surface area contributed by atoms with E-state index in [1.165, 1.54) is 5.56 Å². The van der Waals surface area contributed by atoms with Crippen LogP contribution in [0.25, 0.3) is 0 Å². The van der Waals surface area contributed by atoms with E-state index in [0.29, 0.717) is 13.2 Å². The molecule has 1 aliphatic heterocycles. The zero-order valence-electron chi connectivity index (χ0n) is 12.8. The number of nitrogens with two attached hydrogens (primary N) is 1. The van der Waals surface area contributed by atoms with Gasteiger partial charge in [0.2, 0.25) is 5.91 Å². The molecule has 0 radical (unpaired) electrons. The topological polar surface area (TPSA) is 55.6 Å². The van der Waals surface area contributed by atoms with Crippen LogP contribution in [0.15, 0.2) is 28.7 Å². The number of likely N-dealkylation sites (tertiary alicyclic amines) is 1. The van der Waals surface area contributed by atoms with Crippen molar-refractivity contribution in [3.05, 3.63) is 34.3 Å². The van der Waals surface area contributed by atoms with E-state index in [0.717, 1.165) is 30.3 Å². The van der Waals surface area contributed by atoms with Gasteiger partial charge in [0, 0.05) is 43.2 Å². The molecule has 1 aromatic carbocycles. The average Bonchev–Trinajstić information content (AvgIpc) is 2.89. The highest BCUT2D eigenvalue weighted by Crippen LogP contribution is 2.21. The summed E-state index contributed by atoms with van der Waals surface area (Å²) in [6.07, 6.45) is 2.39. The first-order chi connectivity index (χ1) is 10.1. The minimum absolute atomic E-state index is 0. The van der Waals surface area contributed by atoms with Crippen LogP contribution >= 0.6 is 28.3 Å². The highest BCUT2D eigenvalue weighted by Gasteiger charge is 2.29. The molecular weight excluding hydrogens is 368 g/mol. The Morgan fingerprint density at radius 3 is 2.91 bits per heavy atom. The lowest BCUT2D eigenvalue weighted by Gasteiger charge is -2.23. The minimum Gasteiger partial charge on any atom is -0.385 e. The monoisotopic (exact) mass is 390 g/mol. The molecule has 0 saturated carbocycles. The molecule has 124 valence electrons. The summed E-state index contributed by atoms with van der Waals surface area (Å²) >= 11 is 3.48. The van der Waals surface area contributed by atoms with Crippen LogP contribution in [0.4, 0.5) is 0 Å². The maximum absolute atomic E-state index is 12.7. The van der Waals surface area contributed by atoms with Crippen molar-refractivity contribution in [3.8, 4) is 0 Å². The van der Waals surface area contributed by atoms with Gasteiger partial charge in [0.05, 0.1) is 0 Å². The Bertz CT molecular complexity index is 487. The Balaban J connectivity index is 0.00000242. The molecule has 0 bridgehead atoms. The number of ether oxygens (including phenoxy) is 1. The number of hydrogen-bond acceptors (Lipinski definition) is 3. The number of amides is 1. The number of rotatable bonds is 6. The van der Waals surface area contributed by atoms with Crippen LogP contribution in [0.2, 0.25) is 0 Å². The third kappa shape index (κ3) is 5.54. The SMILES string of the molecule is COCCC(Cc1cccc(Br)c1)C(=O)N1CC[C@@H](N)C1.Cl. The van der Waals surface area contributed by atoms with Gasteiger partial charge in [-0.05, 0) is 37.0 Å². The van der Waals surface area contributed by atoms with Crippen LogP contribution in [-0.2, 0) is 16.0 Å². The van der Waals surface area contributed by atoms with E-state index in [4.69, 9.17) is 10.5 Å². The van der Waals surface area contributed by atoms with Crippen molar-refractivity contribution < 1.29 is 9.53 Å². The first-order valence-electron chi connectivity index (χ1n) is 7.38. The van der Waals surface area contributed by atoms with Gasteiger partial charge in [0.15, 0.2) is 0 Å². The second-order valence-corrected chi connectivity index (χ2v) is 6.56. The molecule has 1 fully saturated rings. The summed E-state index contributed by atoms with van der Waals surface area (Å²) in [5.74, 6) is 0.171. The van der Waals surface area contributed by atoms with Gasteiger partial charge >= 0.3 is 0 Å². The van der Waals surface area contributed by atoms with Gasteiger partial charge < -0.3 is 15.4 Å². The first-order valence-corrected chi connectivity index (χ1v) is 8.17. The predicted octanol–water partition coefficient (Wildman–Crippen LogP) is 2.63. The molecule has 1 unspecified atom stereocenters. The van der Waals surface area contributed by atoms with E-state index < -0.39 is 0 Å². The molecule has 0 spiro atoms. The van der Waals surface area contributed by atoms with E-state index in [9.17, 15) is 4.79 Å². The molecule has 1 heterocycles. The van der Waals surface area contributed by atoms with E-state index in [2.05, 4.69) is 28.1 Å². The fourth-order valence-corrected chi connectivity index (χ4v) is 3.21. The van der Waals surface area contributed by atoms with Crippen molar-refractivity contribution >= 4 is 34.2 Å². The quantitative estimate of drug-likeness (QED) is 0.811. The van der Waals surface area contributed by atoms with Crippen LogP contribution in [-0.4, -0.2) is 43.7 Å². The fraction of sp³-hybridized carbons (Fsp3) is 0.562. The largest absolute Gasteiger partial charge is 0.385 e. The zero-order chi connectivity index (χ0) is 15.2. The number of hydrogen-bond donors (Lipinski definition) is 1. The molecule has 0 aromatic heterocycles. The molecule has 4 nitrogen and oxygen atoms in total. The van der Waals surface area contributed by atoms with Crippen LogP contribution in [0.5, 0.6) is 0 Å². The Hall–Kier alpha value is -0.620. The lowest BCUT2D eigenvalue weighted by atomic mass is 9.95. The van der Waals surface area contributed by atoms with Crippen molar-refractivity contribution in [3.63, 3.8) is 0 Å². The highest BCUT2D eigenvalue weighted by atomic mass is 79.9. The summed E-state index contributed by atoms with van der Waals surface area (Å²) in [6, 6.07) is 8.26. The summed E-state index contributed by atoms with van der Waals surface area (Å²) in [7, 11) is 1.67. The van der Waals surface area contributed by atoms with Crippen molar-refractivity contribution in [2.24, 2.45) is 11.7 Å². The molecule has 2 rings (SSSR count). The maximum atomic E-state index is 12.7. The summed E-state index contributed by atoms with van der Waals surface area (Å²) in [5, 5.41) is 0. The minimum atomic E-state index is -0.0375. The summed E-state index contributed by atoms with van der Waals surface area (Å²) in [4.78, 5) is 14.6. The summed E-state index contributed by atoms with van der Waals surface area (Å²) < 4.78 is 6.21. The van der Waals surface area contributed by atoms with Gasteiger partial charge in [-0.15, -0.1) is 12.4 Å². The number of carbonyl (C=O) groups is 1. The van der Waals surface area contributed by atoms with Gasteiger partial charge in [0.25, 0.3) is 0 Å². The number of benzene rings is 1. The number of halogens is 2. The molecule has 22 heavy (non-hydrogen) atoms. The standard InChI is InChI=1S/C16H23BrN2O2.ClH/c1-21-8-6-13(9-12-3-2-4-14(17)10-12)16(20)19-7-5-15(18)11-19;/h2-4,10,13,15H,5-9,11,18H2,1H3;1H/t13?,15-;/m1./s1. The van der Waals surface area contributed by atoms with Crippen molar-refractivity contribution in [2.75, 3.05) is 26.8 Å². The van der Waals surface area contributed by atoms with E-state index in [1.807, 2.05) is 17.0 Å². The van der Waals surface area contributed by atoms with Crippen molar-refractivity contribution in [2.45, 2.75) is 25.3 Å². The molecule has 1 saturated heterocycles. The lowest BCUT2D eigenvalue weighted by molar-refractivity contribution is -0.135. The Morgan fingerprint density at radius 2 is 2.32 bits per heavy atom. The van der Waals surface area contributed by atoms with Gasteiger partial charge in [0.1, 0.15) is 0 Å². The molecule has 2 N–H and O–H groups in total. The van der Waals surface area contributed by atoms with Crippen LogP contribution in [0.1, 0.15) is 18.4 Å². The highest BCUT2D eigenvalue weighted by molar-refractivity contribution is 9.10. The molecule has 1 aromatic rings. The van der Waals surface area contributed by atoms with Gasteiger partial charge in [-0.25, -0.2) is 0 Å². The Kier molecular flexibility index (Phi) is 8.39. The molecule has 2 atom stereocenters. The molecule has 0 aliphatic carbocycles. The van der Waals surface area contributed by atoms with E-state index in [-0.39, 0.29) is 30.3 Å². The van der Waals surface area contributed by atoms with Crippen molar-refractivity contribution in [1.82, 2.24) is 4.90 Å². The van der Waals surface area contributed by atoms with E-state index >= 15 is 0 Å². The maximum Gasteiger partial charge on any atom is 0.226 e. The first kappa shape index (κ1) is 19.4. The van der Waals surface area contributed by atoms with Gasteiger partial charge in [-0.3, -0.25) is 4.79 Å². The smallest absolute Gasteiger partial charge is 0.226 e. The number of carbonyl (C=O) groups excluding carboxylic acids is 1. The third-order valence-corrected chi connectivity index (χ3v) is 4.42. The Labute approximate surface area is 146 Å². The predicted molar refractivity (Wildman–Crippen MR) is 94.2 cm³/mol. The van der Waals surface area contributed by atoms with Gasteiger partial charge in [-0.1, -0.05) is 28.1 Å². The fourth-order valence-electron chi connectivity index (χ4n) is 2.77. The van der Waals surface area contributed by atoms with Gasteiger partial charge in [-0.2, -0.15) is 0 Å². The zero-order valence-corrected chi connectivity index (χ0v) is 15.2. The molecular formula is C16H24BrClN2O2. The van der Waals surface area contributed by atoms with Crippen LogP contribution < -0.4 is 5.73 Å². The number of methoxy groups -OCH3 is 1. The molecule has 1 aliphatic rings. The normalized spacial score (nSPS) is 18.9. The molecule has 6 heteroatoms. The van der Waals surface area contributed by atoms with Crippen LogP contribution in [0, 0.1) is 5.92 Å². The third-order valence-electron chi connectivity index (χ3n) is 3.93. The van der Waals surface area contributed by atoms with E-state index in [1.54, 1.807) is 7.11 Å². The Morgan fingerprint density at radius 1 is 1.55 bits per heavy atom. The summed E-state index contributed by atoms with van der Waals surface area (Å²) in [6.45, 7) is 2.06. The lowest BCUT2D eigenvalue weighted by Crippen LogP contribution is -2.37. The average molecular weight is 392 g/mol. The number of nitrogens with zero attached hydrogens (tertiary/aromatic N) is 1. The van der Waals surface area contributed by atoms with Crippen molar-refractivity contribution in [1.29, 1.82) is 0 Å².